The highest BCUT2D eigenvalue weighted by molar-refractivity contribution is 6.28. The van der Waals surface area contributed by atoms with E-state index in [9.17, 15) is 4.11 Å². The first kappa shape index (κ1) is 21.5. The van der Waals surface area contributed by atoms with Gasteiger partial charge >= 0.3 is 0 Å². The average Bonchev–Trinajstić information content (AvgIpc) is 3.59. The molecule has 0 N–H and O–H groups in total. The van der Waals surface area contributed by atoms with Crippen LogP contribution in [0, 0.1) is 0 Å². The molecule has 10 rings (SSSR count). The zero-order valence-electron chi connectivity index (χ0n) is 30.2. The first-order valence-corrected chi connectivity index (χ1v) is 15.8. The highest BCUT2D eigenvalue weighted by atomic mass is 16.3. The molecule has 0 fully saturated rings. The van der Waals surface area contributed by atoms with Crippen LogP contribution in [0.3, 0.4) is 0 Å². The van der Waals surface area contributed by atoms with Crippen LogP contribution in [0.2, 0.25) is 0 Å². The summed E-state index contributed by atoms with van der Waals surface area (Å²) >= 11 is 0. The van der Waals surface area contributed by atoms with Crippen LogP contribution in [0.4, 0.5) is 0 Å². The predicted octanol–water partition coefficient (Wildman–Crippen LogP) is 13.2. The Labute approximate surface area is 279 Å². The van der Waals surface area contributed by atoms with Gasteiger partial charge in [-0.05, 0) is 77.8 Å². The first-order valence-electron chi connectivity index (χ1n) is 18.3. The van der Waals surface area contributed by atoms with Crippen molar-refractivity contribution in [3.63, 3.8) is 0 Å². The van der Waals surface area contributed by atoms with Crippen LogP contribution in [-0.2, 0) is 0 Å². The second-order valence-electron chi connectivity index (χ2n) is 12.0. The van der Waals surface area contributed by atoms with Gasteiger partial charge in [-0.3, -0.25) is 0 Å². The van der Waals surface area contributed by atoms with Crippen LogP contribution in [0.15, 0.2) is 174 Å². The molecule has 9 aromatic carbocycles. The SMILES string of the molecule is [2H]c1c([2H])c([2H])c2c(c1[2H])c(-c1c3ccccc3c(-c3ccc(-c4ccccc4)cc3)c3ccccc13)c([2H])c1c3ccc4ccccc4c3oc21. The van der Waals surface area contributed by atoms with Gasteiger partial charge in [0.1, 0.15) is 11.2 Å². The van der Waals surface area contributed by atoms with Crippen LogP contribution >= 0.6 is 0 Å². The van der Waals surface area contributed by atoms with Crippen LogP contribution in [0.1, 0.15) is 6.85 Å². The van der Waals surface area contributed by atoms with Gasteiger partial charge in [-0.2, -0.15) is 0 Å². The van der Waals surface area contributed by atoms with Gasteiger partial charge in [-0.1, -0.05) is 158 Å². The summed E-state index contributed by atoms with van der Waals surface area (Å²) in [5, 5.41) is 7.44. The number of rotatable bonds is 3. The molecule has 1 nitrogen and oxygen atoms in total. The number of benzene rings is 9. The molecular weight excluding hydrogens is 569 g/mol. The molecule has 0 bridgehead atoms. The molecule has 0 aliphatic heterocycles. The second-order valence-corrected chi connectivity index (χ2v) is 12.0. The van der Waals surface area contributed by atoms with E-state index >= 15 is 0 Å². The van der Waals surface area contributed by atoms with E-state index in [2.05, 4.69) is 60.7 Å². The Morgan fingerprint density at radius 3 is 1.60 bits per heavy atom. The van der Waals surface area contributed by atoms with Gasteiger partial charge in [-0.25, -0.2) is 0 Å². The van der Waals surface area contributed by atoms with Gasteiger partial charge in [-0.15, -0.1) is 0 Å². The van der Waals surface area contributed by atoms with E-state index in [1.807, 2.05) is 78.9 Å². The molecule has 0 aliphatic carbocycles. The lowest BCUT2D eigenvalue weighted by molar-refractivity contribution is 0.676. The molecule has 1 heteroatoms. The quantitative estimate of drug-likeness (QED) is 0.184. The molecule has 1 aromatic heterocycles. The molecule has 0 spiro atoms. The molecule has 0 saturated heterocycles. The van der Waals surface area contributed by atoms with Gasteiger partial charge in [0.15, 0.2) is 0 Å². The summed E-state index contributed by atoms with van der Waals surface area (Å²) in [6, 6.07) is 46.2. The molecule has 218 valence electrons. The number of furan rings is 1. The van der Waals surface area contributed by atoms with Crippen molar-refractivity contribution in [1.82, 2.24) is 0 Å². The highest BCUT2D eigenvalue weighted by Crippen LogP contribution is 2.48. The van der Waals surface area contributed by atoms with Crippen molar-refractivity contribution < 1.29 is 11.3 Å². The van der Waals surface area contributed by atoms with Gasteiger partial charge in [0.25, 0.3) is 0 Å². The third-order valence-corrected chi connectivity index (χ3v) is 9.46. The lowest BCUT2D eigenvalue weighted by Gasteiger charge is -2.19. The molecule has 0 amide bonds. The largest absolute Gasteiger partial charge is 0.455 e. The van der Waals surface area contributed by atoms with Crippen molar-refractivity contribution in [2.45, 2.75) is 0 Å². The van der Waals surface area contributed by atoms with E-state index in [0.29, 0.717) is 22.1 Å². The summed E-state index contributed by atoms with van der Waals surface area (Å²) in [6.07, 6.45) is 0. The molecule has 0 unspecified atom stereocenters. The third-order valence-electron chi connectivity index (χ3n) is 9.46. The summed E-state index contributed by atoms with van der Waals surface area (Å²) in [5.74, 6) is 0. The molecule has 0 aliphatic rings. The standard InChI is InChI=1S/C46H28O/c1-2-12-29(13-3-1)30-22-24-32(25-23-30)43-35-17-7-9-19-37(35)44(38-20-10-8-18-36(38)43)41-28-42-40-27-26-31-14-4-5-15-33(31)45(40)47-46(42)39-21-11-6-16-34(39)41/h1-28H/i6D,11D,16D,21D,28D. The average molecular weight is 602 g/mol. The number of fused-ring (bicyclic) bond motifs is 9. The fourth-order valence-corrected chi connectivity index (χ4v) is 7.34. The fraction of sp³-hybridized carbons (Fsp3) is 0. The zero-order chi connectivity index (χ0) is 35.2. The summed E-state index contributed by atoms with van der Waals surface area (Å²) in [4.78, 5) is 0. The van der Waals surface area contributed by atoms with E-state index in [0.717, 1.165) is 65.5 Å². The van der Waals surface area contributed by atoms with Crippen LogP contribution in [-0.4, -0.2) is 0 Å². The molecule has 0 saturated carbocycles. The molecule has 0 atom stereocenters. The Morgan fingerprint density at radius 2 is 0.894 bits per heavy atom. The molecule has 0 radical (unpaired) electrons. The van der Waals surface area contributed by atoms with Gasteiger partial charge < -0.3 is 4.42 Å². The Bertz CT molecular complexity index is 3050. The van der Waals surface area contributed by atoms with Crippen LogP contribution in [0.5, 0.6) is 0 Å². The summed E-state index contributed by atoms with van der Waals surface area (Å²) in [5.41, 5.74) is 6.50. The Morgan fingerprint density at radius 1 is 0.362 bits per heavy atom. The highest BCUT2D eigenvalue weighted by Gasteiger charge is 2.21. The monoisotopic (exact) mass is 601 g/mol. The van der Waals surface area contributed by atoms with Crippen LogP contribution in [0.25, 0.3) is 98.4 Å². The lowest BCUT2D eigenvalue weighted by Crippen LogP contribution is -1.92. The Hall–Kier alpha value is -6.18. The summed E-state index contributed by atoms with van der Waals surface area (Å²) in [7, 11) is 0. The maximum absolute atomic E-state index is 10.0. The minimum absolute atomic E-state index is 0.164. The summed E-state index contributed by atoms with van der Waals surface area (Å²) in [6.45, 7) is 0. The zero-order valence-corrected chi connectivity index (χ0v) is 25.2. The van der Waals surface area contributed by atoms with E-state index in [-0.39, 0.29) is 41.0 Å². The Kier molecular flexibility index (Phi) is 4.66. The maximum atomic E-state index is 10.0. The normalized spacial score (nSPS) is 13.3. The number of hydrogen-bond acceptors (Lipinski definition) is 1. The minimum Gasteiger partial charge on any atom is -0.455 e. The van der Waals surface area contributed by atoms with E-state index in [1.54, 1.807) is 0 Å². The van der Waals surface area contributed by atoms with E-state index < -0.39 is 0 Å². The maximum Gasteiger partial charge on any atom is 0.143 e. The van der Waals surface area contributed by atoms with Crippen molar-refractivity contribution in [2.75, 3.05) is 0 Å². The predicted molar refractivity (Wildman–Crippen MR) is 200 cm³/mol. The van der Waals surface area contributed by atoms with Crippen molar-refractivity contribution in [3.05, 3.63) is 170 Å². The topological polar surface area (TPSA) is 13.1 Å². The molecule has 1 heterocycles. The Balaban J connectivity index is 1.38. The molecule has 10 aromatic rings. The lowest BCUT2D eigenvalue weighted by atomic mass is 9.84. The third kappa shape index (κ3) is 3.90. The fourth-order valence-electron chi connectivity index (χ4n) is 7.34. The minimum atomic E-state index is -0.345. The second kappa shape index (κ2) is 10.2. The van der Waals surface area contributed by atoms with Crippen molar-refractivity contribution in [2.24, 2.45) is 0 Å². The van der Waals surface area contributed by atoms with E-state index in [1.165, 1.54) is 0 Å². The van der Waals surface area contributed by atoms with Crippen LogP contribution < -0.4 is 0 Å². The first-order chi connectivity index (χ1) is 25.4. The number of hydrogen-bond donors (Lipinski definition) is 0. The van der Waals surface area contributed by atoms with Gasteiger partial charge in [0.2, 0.25) is 0 Å². The smallest absolute Gasteiger partial charge is 0.143 e. The molecular formula is C46H28O. The summed E-state index contributed by atoms with van der Waals surface area (Å²) < 4.78 is 52.7. The van der Waals surface area contributed by atoms with Crippen molar-refractivity contribution >= 4 is 65.0 Å². The van der Waals surface area contributed by atoms with Gasteiger partial charge in [0.05, 0.1) is 6.85 Å². The molecule has 47 heavy (non-hydrogen) atoms. The van der Waals surface area contributed by atoms with Gasteiger partial charge in [0, 0.05) is 21.5 Å². The van der Waals surface area contributed by atoms with Crippen molar-refractivity contribution in [1.29, 1.82) is 0 Å². The van der Waals surface area contributed by atoms with E-state index in [4.69, 9.17) is 7.16 Å². The van der Waals surface area contributed by atoms with Crippen molar-refractivity contribution in [3.8, 4) is 33.4 Å².